The largest absolute Gasteiger partial charge is 0.441 e. The van der Waals surface area contributed by atoms with Gasteiger partial charge in [0.2, 0.25) is 5.95 Å². The fraction of sp³-hybridized carbons (Fsp3) is 0.524. The van der Waals surface area contributed by atoms with Crippen molar-refractivity contribution in [3.05, 3.63) is 35.9 Å². The molecule has 4 fully saturated rings. The Bertz CT molecular complexity index is 1260. The summed E-state index contributed by atoms with van der Waals surface area (Å²) in [6.07, 6.45) is -4.42. The minimum atomic E-state index is -4.39. The molecule has 3 aromatic rings. The Balaban J connectivity index is 1.11. The molecule has 7 rings (SSSR count). The Kier molecular flexibility index (Phi) is 4.92. The number of H-pyrrole nitrogens is 1. The molecule has 4 heterocycles. The predicted molar refractivity (Wildman–Crippen MR) is 112 cm³/mol. The fourth-order valence-electron chi connectivity index (χ4n) is 4.97. The Morgan fingerprint density at radius 2 is 2.14 bits per heavy atom. The van der Waals surface area contributed by atoms with Crippen molar-refractivity contribution in [2.75, 3.05) is 11.9 Å². The molecule has 10 nitrogen and oxygen atoms in total. The van der Waals surface area contributed by atoms with Crippen molar-refractivity contribution in [2.24, 2.45) is 5.92 Å². The van der Waals surface area contributed by atoms with E-state index >= 15 is 4.39 Å². The molecule has 2 bridgehead atoms. The first-order valence-electron chi connectivity index (χ1n) is 11.1. The maximum Gasteiger partial charge on any atom is 0.408 e. The fourth-order valence-corrected chi connectivity index (χ4v) is 4.97. The number of amides is 1. The van der Waals surface area contributed by atoms with E-state index in [0.717, 1.165) is 19.3 Å². The van der Waals surface area contributed by atoms with Crippen LogP contribution in [0.5, 0.6) is 0 Å². The number of halogens is 4. The number of carbonyl (C=O) groups is 1. The van der Waals surface area contributed by atoms with Gasteiger partial charge in [-0.05, 0) is 31.2 Å². The number of fused-ring (bicyclic) bond motifs is 1. The third kappa shape index (κ3) is 4.15. The molecular formula is C21H21F4N7O3. The molecule has 0 unspecified atom stereocenters. The summed E-state index contributed by atoms with van der Waals surface area (Å²) >= 11 is 0. The van der Waals surface area contributed by atoms with Gasteiger partial charge in [0.05, 0.1) is 24.4 Å². The Morgan fingerprint density at radius 3 is 2.86 bits per heavy atom. The first-order valence-corrected chi connectivity index (χ1v) is 11.1. The van der Waals surface area contributed by atoms with Crippen LogP contribution in [-0.4, -0.2) is 61.3 Å². The van der Waals surface area contributed by atoms with Gasteiger partial charge in [-0.3, -0.25) is 9.50 Å². The monoisotopic (exact) mass is 495 g/mol. The Labute approximate surface area is 195 Å². The van der Waals surface area contributed by atoms with Crippen molar-refractivity contribution in [1.29, 1.82) is 0 Å². The van der Waals surface area contributed by atoms with Crippen molar-refractivity contribution >= 4 is 23.5 Å². The number of hydrogen-bond acceptors (Lipinski definition) is 7. The molecule has 0 radical (unpaired) electrons. The number of aromatic nitrogens is 5. The molecular weight excluding hydrogens is 474 g/mol. The third-order valence-electron chi connectivity index (χ3n) is 6.71. The summed E-state index contributed by atoms with van der Waals surface area (Å²) in [5, 5.41) is 12.5. The minimum Gasteiger partial charge on any atom is -0.441 e. The molecule has 3 saturated carbocycles. The molecule has 4 aliphatic rings. The third-order valence-corrected chi connectivity index (χ3v) is 6.71. The molecule has 3 atom stereocenters. The SMILES string of the molecule is O=C(NC12CC(C1)C2)O[C@H]1CO[C@@H](c2cc(Nc3nccc4nc(CC(F)(F)F)cn34)n[nH]2)[C@@H]1F. The van der Waals surface area contributed by atoms with Crippen LogP contribution in [0.15, 0.2) is 24.5 Å². The molecule has 14 heteroatoms. The van der Waals surface area contributed by atoms with Gasteiger partial charge in [0.15, 0.2) is 18.1 Å². The molecule has 0 aromatic carbocycles. The Morgan fingerprint density at radius 1 is 1.34 bits per heavy atom. The lowest BCUT2D eigenvalue weighted by Crippen LogP contribution is -2.68. The Hall–Kier alpha value is -3.42. The van der Waals surface area contributed by atoms with Gasteiger partial charge in [0, 0.05) is 24.0 Å². The summed E-state index contributed by atoms with van der Waals surface area (Å²) in [5.74, 6) is 1.11. The van der Waals surface area contributed by atoms with Crippen LogP contribution in [-0.2, 0) is 15.9 Å². The van der Waals surface area contributed by atoms with E-state index in [1.54, 1.807) is 0 Å². The summed E-state index contributed by atoms with van der Waals surface area (Å²) < 4.78 is 65.3. The highest BCUT2D eigenvalue weighted by Crippen LogP contribution is 2.57. The number of carbonyl (C=O) groups excluding carboxylic acids is 1. The highest BCUT2D eigenvalue weighted by Gasteiger charge is 2.58. The van der Waals surface area contributed by atoms with Crippen LogP contribution >= 0.6 is 0 Å². The van der Waals surface area contributed by atoms with Crippen LogP contribution in [0.4, 0.5) is 34.1 Å². The lowest BCUT2D eigenvalue weighted by Gasteiger charge is -2.61. The van der Waals surface area contributed by atoms with E-state index in [9.17, 15) is 18.0 Å². The van der Waals surface area contributed by atoms with Crippen LogP contribution in [0.3, 0.4) is 0 Å². The summed E-state index contributed by atoms with van der Waals surface area (Å²) in [7, 11) is 0. The molecule has 1 amide bonds. The zero-order valence-corrected chi connectivity index (χ0v) is 18.2. The smallest absolute Gasteiger partial charge is 0.408 e. The van der Waals surface area contributed by atoms with Crippen molar-refractivity contribution in [3.8, 4) is 0 Å². The lowest BCUT2D eigenvalue weighted by atomic mass is 9.50. The van der Waals surface area contributed by atoms with Crippen LogP contribution < -0.4 is 10.6 Å². The van der Waals surface area contributed by atoms with E-state index < -0.39 is 37.1 Å². The molecule has 0 spiro atoms. The maximum absolute atomic E-state index is 15.0. The van der Waals surface area contributed by atoms with Crippen LogP contribution in [0.1, 0.15) is 36.8 Å². The van der Waals surface area contributed by atoms with Crippen LogP contribution in [0.25, 0.3) is 5.65 Å². The topological polar surface area (TPSA) is 118 Å². The minimum absolute atomic E-state index is 0.103. The van der Waals surface area contributed by atoms with Crippen LogP contribution in [0.2, 0.25) is 0 Å². The average Bonchev–Trinajstić information content (AvgIpc) is 3.42. The number of ether oxygens (including phenoxy) is 2. The van der Waals surface area contributed by atoms with E-state index in [0.29, 0.717) is 11.6 Å². The molecule has 3 N–H and O–H groups in total. The van der Waals surface area contributed by atoms with Gasteiger partial charge in [-0.25, -0.2) is 19.2 Å². The van der Waals surface area contributed by atoms with E-state index in [4.69, 9.17) is 9.47 Å². The van der Waals surface area contributed by atoms with E-state index in [-0.39, 0.29) is 35.3 Å². The number of alkyl halides is 4. The highest BCUT2D eigenvalue weighted by atomic mass is 19.4. The van der Waals surface area contributed by atoms with Gasteiger partial charge in [-0.1, -0.05) is 0 Å². The number of alkyl carbamates (subject to hydrolysis) is 1. The van der Waals surface area contributed by atoms with Gasteiger partial charge < -0.3 is 20.1 Å². The van der Waals surface area contributed by atoms with Gasteiger partial charge in [0.1, 0.15) is 11.8 Å². The summed E-state index contributed by atoms with van der Waals surface area (Å²) in [4.78, 5) is 20.2. The van der Waals surface area contributed by atoms with E-state index in [2.05, 4.69) is 30.8 Å². The van der Waals surface area contributed by atoms with Crippen molar-refractivity contribution in [3.63, 3.8) is 0 Å². The quantitative estimate of drug-likeness (QED) is 0.449. The molecule has 1 aliphatic heterocycles. The number of hydrogen-bond donors (Lipinski definition) is 3. The van der Waals surface area contributed by atoms with Gasteiger partial charge in [-0.15, -0.1) is 0 Å². The molecule has 1 saturated heterocycles. The number of anilines is 2. The number of imidazole rings is 1. The molecule has 3 aliphatic carbocycles. The summed E-state index contributed by atoms with van der Waals surface area (Å²) in [5.41, 5.74) is 0.259. The predicted octanol–water partition coefficient (Wildman–Crippen LogP) is 3.36. The lowest BCUT2D eigenvalue weighted by molar-refractivity contribution is -0.127. The van der Waals surface area contributed by atoms with Gasteiger partial charge in [0.25, 0.3) is 0 Å². The zero-order chi connectivity index (χ0) is 24.4. The average molecular weight is 495 g/mol. The first-order chi connectivity index (χ1) is 16.7. The standard InChI is InChI=1S/C21H21F4N7O3/c22-16-13(35-19(33)29-20-4-10(5-20)6-20)9-34-17(16)12-3-14(31-30-12)28-18-26-2-1-15-27-11(8-32(15)18)7-21(23,24)25/h1-3,8,10,13,16-17H,4-7,9H2,(H,29,33)(H2,26,28,30,31)/t10?,13-,16+,17-,20?/m0/s1. The number of aromatic amines is 1. The summed E-state index contributed by atoms with van der Waals surface area (Å²) in [6, 6.07) is 2.97. The summed E-state index contributed by atoms with van der Waals surface area (Å²) in [6.45, 7) is -0.103. The van der Waals surface area contributed by atoms with Crippen molar-refractivity contribution in [2.45, 2.75) is 55.8 Å². The second kappa shape index (κ2) is 7.80. The van der Waals surface area contributed by atoms with Crippen molar-refractivity contribution < 1.29 is 31.8 Å². The van der Waals surface area contributed by atoms with E-state index in [1.807, 2.05) is 0 Å². The van der Waals surface area contributed by atoms with Crippen LogP contribution in [0, 0.1) is 5.92 Å². The van der Waals surface area contributed by atoms with Gasteiger partial charge >= 0.3 is 12.3 Å². The molecule has 35 heavy (non-hydrogen) atoms. The number of rotatable bonds is 6. The molecule has 3 aromatic heterocycles. The number of nitrogens with one attached hydrogen (secondary N) is 3. The normalized spacial score (nSPS) is 29.5. The maximum atomic E-state index is 15.0. The second-order valence-corrected chi connectivity index (χ2v) is 9.38. The van der Waals surface area contributed by atoms with Gasteiger partial charge in [-0.2, -0.15) is 18.3 Å². The highest BCUT2D eigenvalue weighted by molar-refractivity contribution is 5.69. The number of nitrogens with zero attached hydrogens (tertiary/aromatic N) is 4. The molecule has 186 valence electrons. The zero-order valence-electron chi connectivity index (χ0n) is 18.2. The first kappa shape index (κ1) is 22.1. The van der Waals surface area contributed by atoms with E-state index in [1.165, 1.54) is 28.9 Å². The van der Waals surface area contributed by atoms with Crippen molar-refractivity contribution in [1.82, 2.24) is 29.9 Å². The second-order valence-electron chi connectivity index (χ2n) is 9.38.